The van der Waals surface area contributed by atoms with Crippen LogP contribution in [0.1, 0.15) is 29.0 Å². The van der Waals surface area contributed by atoms with Crippen LogP contribution in [0.4, 0.5) is 0 Å². The molecule has 0 saturated heterocycles. The molecule has 0 atom stereocenters. The van der Waals surface area contributed by atoms with Gasteiger partial charge in [-0.3, -0.25) is 4.79 Å². The fourth-order valence-electron chi connectivity index (χ4n) is 1.43. The smallest absolute Gasteiger partial charge is 0.337 e. The number of carbonyl (C=O) groups is 1. The molecule has 0 unspecified atom stereocenters. The number of pyridine rings is 1. The number of hydrogen-bond acceptors (Lipinski definition) is 5. The predicted molar refractivity (Wildman–Crippen MR) is 60.4 cm³/mol. The molecule has 1 N–H and O–H groups in total. The third-order valence-electron chi connectivity index (χ3n) is 2.36. The Balaban J connectivity index is 2.30. The van der Waals surface area contributed by atoms with Gasteiger partial charge >= 0.3 is 5.97 Å². The minimum Gasteiger partial charge on any atom is -0.478 e. The molecule has 7 heteroatoms. The largest absolute Gasteiger partial charge is 0.478 e. The third-order valence-corrected chi connectivity index (χ3v) is 2.36. The molecule has 0 aliphatic heterocycles. The van der Waals surface area contributed by atoms with Gasteiger partial charge in [0, 0.05) is 18.7 Å². The Hall–Kier alpha value is -2.44. The van der Waals surface area contributed by atoms with Crippen LogP contribution in [0.2, 0.25) is 0 Å². The molecule has 0 aliphatic carbocycles. The van der Waals surface area contributed by atoms with E-state index in [0.29, 0.717) is 12.2 Å². The van der Waals surface area contributed by atoms with Gasteiger partial charge in [0.15, 0.2) is 5.82 Å². The van der Waals surface area contributed by atoms with Crippen molar-refractivity contribution in [2.24, 2.45) is 0 Å². The van der Waals surface area contributed by atoms with Gasteiger partial charge in [0.1, 0.15) is 6.54 Å². The SMILES string of the molecule is CCc1noc(Cn2cc(C(=O)O)ccc2=O)n1. The highest BCUT2D eigenvalue weighted by Crippen LogP contribution is 2.02. The van der Waals surface area contributed by atoms with Gasteiger partial charge < -0.3 is 14.2 Å². The van der Waals surface area contributed by atoms with E-state index in [1.54, 1.807) is 0 Å². The standard InChI is InChI=1S/C11H11N3O4/c1-2-8-12-9(18-13-8)6-14-5-7(11(16)17)3-4-10(14)15/h3-5H,2,6H2,1H3,(H,16,17). The zero-order valence-corrected chi connectivity index (χ0v) is 9.66. The topological polar surface area (TPSA) is 98.2 Å². The quantitative estimate of drug-likeness (QED) is 0.849. The normalized spacial score (nSPS) is 10.5. The molecule has 2 rings (SSSR count). The van der Waals surface area contributed by atoms with Crippen molar-refractivity contribution in [3.63, 3.8) is 0 Å². The van der Waals surface area contributed by atoms with Crippen LogP contribution in [0.25, 0.3) is 0 Å². The molecule has 0 spiro atoms. The molecule has 0 aliphatic rings. The van der Waals surface area contributed by atoms with Crippen LogP contribution in [0.3, 0.4) is 0 Å². The van der Waals surface area contributed by atoms with E-state index < -0.39 is 5.97 Å². The second kappa shape index (κ2) is 4.82. The monoisotopic (exact) mass is 249 g/mol. The Bertz CT molecular complexity index is 629. The molecule has 94 valence electrons. The third kappa shape index (κ3) is 2.45. The summed E-state index contributed by atoms with van der Waals surface area (Å²) in [6.45, 7) is 1.94. The minimum atomic E-state index is -1.09. The summed E-state index contributed by atoms with van der Waals surface area (Å²) in [5, 5.41) is 12.5. The van der Waals surface area contributed by atoms with Crippen LogP contribution in [0.5, 0.6) is 0 Å². The molecular formula is C11H11N3O4. The predicted octanol–water partition coefficient (Wildman–Crippen LogP) is 0.540. The lowest BCUT2D eigenvalue weighted by Crippen LogP contribution is -2.20. The molecule has 0 saturated carbocycles. The van der Waals surface area contributed by atoms with Crippen molar-refractivity contribution in [1.82, 2.24) is 14.7 Å². The molecule has 2 aromatic heterocycles. The van der Waals surface area contributed by atoms with Crippen LogP contribution in [-0.4, -0.2) is 25.8 Å². The first-order chi connectivity index (χ1) is 8.60. The van der Waals surface area contributed by atoms with Crippen molar-refractivity contribution in [2.45, 2.75) is 19.9 Å². The average molecular weight is 249 g/mol. The maximum absolute atomic E-state index is 11.6. The van der Waals surface area contributed by atoms with Gasteiger partial charge in [-0.15, -0.1) is 0 Å². The summed E-state index contributed by atoms with van der Waals surface area (Å²) in [4.78, 5) is 26.4. The molecule has 2 heterocycles. The van der Waals surface area contributed by atoms with Gasteiger partial charge in [0.05, 0.1) is 5.56 Å². The van der Waals surface area contributed by atoms with Crippen molar-refractivity contribution in [2.75, 3.05) is 0 Å². The van der Waals surface area contributed by atoms with E-state index in [0.717, 1.165) is 0 Å². The molecule has 2 aromatic rings. The maximum Gasteiger partial charge on any atom is 0.337 e. The molecule has 0 fully saturated rings. The molecule has 0 bridgehead atoms. The highest BCUT2D eigenvalue weighted by Gasteiger charge is 2.09. The summed E-state index contributed by atoms with van der Waals surface area (Å²) in [6, 6.07) is 2.45. The second-order valence-corrected chi connectivity index (χ2v) is 3.65. The summed E-state index contributed by atoms with van der Waals surface area (Å²) in [5.41, 5.74) is -0.291. The van der Waals surface area contributed by atoms with Crippen LogP contribution in [-0.2, 0) is 13.0 Å². The highest BCUT2D eigenvalue weighted by molar-refractivity contribution is 5.87. The molecular weight excluding hydrogens is 238 g/mol. The summed E-state index contributed by atoms with van der Waals surface area (Å²) in [6.07, 6.45) is 1.88. The second-order valence-electron chi connectivity index (χ2n) is 3.65. The summed E-state index contributed by atoms with van der Waals surface area (Å²) < 4.78 is 6.17. The number of hydrogen-bond donors (Lipinski definition) is 1. The minimum absolute atomic E-state index is 0.0323. The number of carboxylic acids is 1. The summed E-state index contributed by atoms with van der Waals surface area (Å²) in [7, 11) is 0. The van der Waals surface area contributed by atoms with Crippen molar-refractivity contribution in [3.8, 4) is 0 Å². The van der Waals surface area contributed by atoms with E-state index in [1.165, 1.54) is 22.9 Å². The van der Waals surface area contributed by atoms with E-state index in [9.17, 15) is 9.59 Å². The van der Waals surface area contributed by atoms with E-state index in [2.05, 4.69) is 10.1 Å². The highest BCUT2D eigenvalue weighted by atomic mass is 16.5. The summed E-state index contributed by atoms with van der Waals surface area (Å²) in [5.74, 6) is -0.271. The fraction of sp³-hybridized carbons (Fsp3) is 0.273. The lowest BCUT2D eigenvalue weighted by molar-refractivity contribution is 0.0695. The van der Waals surface area contributed by atoms with Crippen LogP contribution in [0.15, 0.2) is 27.6 Å². The molecule has 18 heavy (non-hydrogen) atoms. The fourth-order valence-corrected chi connectivity index (χ4v) is 1.43. The Kier molecular flexibility index (Phi) is 3.22. The number of carboxylic acid groups (broad SMARTS) is 1. The number of aromatic carboxylic acids is 1. The first-order valence-corrected chi connectivity index (χ1v) is 5.35. The van der Waals surface area contributed by atoms with E-state index in [4.69, 9.17) is 9.63 Å². The van der Waals surface area contributed by atoms with Crippen LogP contribution in [0, 0.1) is 0 Å². The Morgan fingerprint density at radius 2 is 2.28 bits per heavy atom. The van der Waals surface area contributed by atoms with Gasteiger partial charge in [-0.25, -0.2) is 4.79 Å². The van der Waals surface area contributed by atoms with Crippen LogP contribution < -0.4 is 5.56 Å². The number of aryl methyl sites for hydroxylation is 1. The van der Waals surface area contributed by atoms with Gasteiger partial charge in [-0.1, -0.05) is 12.1 Å². The van der Waals surface area contributed by atoms with Crippen molar-refractivity contribution >= 4 is 5.97 Å². The molecule has 0 radical (unpaired) electrons. The Morgan fingerprint density at radius 1 is 1.50 bits per heavy atom. The first kappa shape index (κ1) is 12.0. The van der Waals surface area contributed by atoms with Gasteiger partial charge in [-0.05, 0) is 6.07 Å². The number of nitrogens with zero attached hydrogens (tertiary/aromatic N) is 3. The summed E-state index contributed by atoms with van der Waals surface area (Å²) >= 11 is 0. The molecule has 0 amide bonds. The van der Waals surface area contributed by atoms with Gasteiger partial charge in [0.2, 0.25) is 5.89 Å². The van der Waals surface area contributed by atoms with E-state index in [1.807, 2.05) is 6.92 Å². The Morgan fingerprint density at radius 3 is 2.89 bits per heavy atom. The van der Waals surface area contributed by atoms with Crippen molar-refractivity contribution in [1.29, 1.82) is 0 Å². The number of aromatic nitrogens is 3. The average Bonchev–Trinajstić information content (AvgIpc) is 2.79. The molecule has 0 aromatic carbocycles. The number of rotatable bonds is 4. The van der Waals surface area contributed by atoms with Crippen molar-refractivity contribution in [3.05, 3.63) is 46.0 Å². The maximum atomic E-state index is 11.6. The lowest BCUT2D eigenvalue weighted by Gasteiger charge is -2.02. The van der Waals surface area contributed by atoms with Gasteiger partial charge in [-0.2, -0.15) is 4.98 Å². The van der Waals surface area contributed by atoms with E-state index >= 15 is 0 Å². The van der Waals surface area contributed by atoms with E-state index in [-0.39, 0.29) is 23.6 Å². The van der Waals surface area contributed by atoms with Crippen LogP contribution >= 0.6 is 0 Å². The van der Waals surface area contributed by atoms with Crippen molar-refractivity contribution < 1.29 is 14.4 Å². The first-order valence-electron chi connectivity index (χ1n) is 5.35. The molecule has 7 nitrogen and oxygen atoms in total. The van der Waals surface area contributed by atoms with Gasteiger partial charge in [0.25, 0.3) is 5.56 Å². The zero-order valence-electron chi connectivity index (χ0n) is 9.66. The zero-order chi connectivity index (χ0) is 13.1. The Labute approximate surface area is 102 Å². The lowest BCUT2D eigenvalue weighted by atomic mass is 10.3.